The Morgan fingerprint density at radius 1 is 0.408 bits per heavy atom. The molecule has 0 atom stereocenters. The normalized spacial score (nSPS) is 12.8. The summed E-state index contributed by atoms with van der Waals surface area (Å²) in [7, 11) is 0. The van der Waals surface area contributed by atoms with Gasteiger partial charge in [0.2, 0.25) is 0 Å². The minimum absolute atomic E-state index is 0.0817. The molecule has 0 heterocycles. The summed E-state index contributed by atoms with van der Waals surface area (Å²) in [6.45, 7) is 26.4. The first-order valence-electron chi connectivity index (χ1n) is 17.7. The molecule has 4 nitrogen and oxygen atoms in total. The van der Waals surface area contributed by atoms with E-state index in [-0.39, 0.29) is 44.7 Å². The molecule has 0 aliphatic carbocycles. The summed E-state index contributed by atoms with van der Waals surface area (Å²) in [5, 5.41) is 45.0. The summed E-state index contributed by atoms with van der Waals surface area (Å²) >= 11 is 0. The molecule has 4 N–H and O–H groups in total. The van der Waals surface area contributed by atoms with Crippen molar-refractivity contribution in [2.45, 2.75) is 126 Å². The van der Waals surface area contributed by atoms with E-state index in [0.29, 0.717) is 19.3 Å². The lowest BCUT2D eigenvalue weighted by atomic mass is 9.72. The van der Waals surface area contributed by atoms with Crippen molar-refractivity contribution in [2.75, 3.05) is 0 Å². The highest BCUT2D eigenvalue weighted by Crippen LogP contribution is 2.41. The maximum absolute atomic E-state index is 11.6. The van der Waals surface area contributed by atoms with E-state index in [0.717, 1.165) is 68.5 Å². The van der Waals surface area contributed by atoms with Crippen LogP contribution < -0.4 is 0 Å². The van der Waals surface area contributed by atoms with Gasteiger partial charge in [0, 0.05) is 19.3 Å². The number of hydrogen-bond donors (Lipinski definition) is 4. The summed E-state index contributed by atoms with van der Waals surface area (Å²) < 4.78 is 0. The van der Waals surface area contributed by atoms with Crippen LogP contribution in [0, 0.1) is 24.7 Å². The van der Waals surface area contributed by atoms with Crippen LogP contribution in [0.4, 0.5) is 0 Å². The van der Waals surface area contributed by atoms with E-state index in [2.05, 4.69) is 81.4 Å². The smallest absolute Gasteiger partial charge is 0.122 e. The number of benzene rings is 4. The second-order valence-corrected chi connectivity index (χ2v) is 18.3. The molecule has 4 heteroatoms. The Balaban J connectivity index is 1.66. The number of aromatic hydroxyl groups is 4. The fourth-order valence-electron chi connectivity index (χ4n) is 8.17. The summed E-state index contributed by atoms with van der Waals surface area (Å²) in [6, 6.07) is 19.6. The molecule has 0 saturated carbocycles. The van der Waals surface area contributed by atoms with Gasteiger partial charge in [-0.25, -0.2) is 0 Å². The van der Waals surface area contributed by atoms with Crippen molar-refractivity contribution >= 4 is 0 Å². The Labute approximate surface area is 295 Å². The molecule has 49 heavy (non-hydrogen) atoms. The van der Waals surface area contributed by atoms with Crippen molar-refractivity contribution in [3.63, 3.8) is 0 Å². The quantitative estimate of drug-likeness (QED) is 0.136. The lowest BCUT2D eigenvalue weighted by Crippen LogP contribution is -2.25. The molecule has 0 radical (unpaired) electrons. The number of phenolic OH excluding ortho intramolecular Hbond substituents is 4. The fraction of sp³-hybridized carbons (Fsp3) is 0.467. The molecule has 0 aromatic heterocycles. The van der Waals surface area contributed by atoms with Crippen LogP contribution in [0.3, 0.4) is 0 Å². The van der Waals surface area contributed by atoms with Gasteiger partial charge in [-0.05, 0) is 105 Å². The average Bonchev–Trinajstić information content (AvgIpc) is 2.93. The number of aryl methyl sites for hydroxylation is 2. The molecule has 4 rings (SSSR count). The molecule has 264 valence electrons. The zero-order valence-corrected chi connectivity index (χ0v) is 32.1. The van der Waals surface area contributed by atoms with Gasteiger partial charge < -0.3 is 20.4 Å². The van der Waals surface area contributed by atoms with Crippen molar-refractivity contribution in [1.82, 2.24) is 0 Å². The van der Waals surface area contributed by atoms with Gasteiger partial charge >= 0.3 is 0 Å². The first-order valence-corrected chi connectivity index (χ1v) is 17.7. The van der Waals surface area contributed by atoms with Crippen molar-refractivity contribution in [3.05, 3.63) is 116 Å². The monoisotopic (exact) mass is 664 g/mol. The van der Waals surface area contributed by atoms with Gasteiger partial charge in [0.15, 0.2) is 0 Å². The van der Waals surface area contributed by atoms with Gasteiger partial charge in [0.1, 0.15) is 23.0 Å². The zero-order valence-electron chi connectivity index (χ0n) is 32.1. The highest BCUT2D eigenvalue weighted by atomic mass is 16.3. The van der Waals surface area contributed by atoms with Crippen molar-refractivity contribution in [3.8, 4) is 23.0 Å². The predicted molar refractivity (Wildman–Crippen MR) is 205 cm³/mol. The molecule has 0 aliphatic rings. The topological polar surface area (TPSA) is 80.9 Å². The minimum atomic E-state index is -0.0817. The third-order valence-corrected chi connectivity index (χ3v) is 9.63. The second kappa shape index (κ2) is 13.8. The van der Waals surface area contributed by atoms with Crippen LogP contribution >= 0.6 is 0 Å². The number of phenols is 4. The molecule has 0 saturated heterocycles. The summed E-state index contributed by atoms with van der Waals surface area (Å²) in [5.74, 6) is 0.789. The summed E-state index contributed by atoms with van der Waals surface area (Å²) in [4.78, 5) is 0. The van der Waals surface area contributed by atoms with Crippen molar-refractivity contribution in [2.24, 2.45) is 10.8 Å². The Hall–Kier alpha value is -3.92. The van der Waals surface area contributed by atoms with Crippen LogP contribution in [0.1, 0.15) is 138 Å². The molecule has 0 spiro atoms. The Kier molecular flexibility index (Phi) is 10.6. The van der Waals surface area contributed by atoms with E-state index in [1.165, 1.54) is 0 Å². The molecule has 0 amide bonds. The number of rotatable bonds is 10. The van der Waals surface area contributed by atoms with Crippen LogP contribution in [0.2, 0.25) is 0 Å². The van der Waals surface area contributed by atoms with E-state index in [1.54, 1.807) is 12.1 Å². The molecule has 0 unspecified atom stereocenters. The van der Waals surface area contributed by atoms with E-state index in [1.807, 2.05) is 50.2 Å². The Morgan fingerprint density at radius 3 is 0.980 bits per heavy atom. The van der Waals surface area contributed by atoms with E-state index < -0.39 is 0 Å². The van der Waals surface area contributed by atoms with Gasteiger partial charge in [-0.1, -0.05) is 129 Å². The second-order valence-electron chi connectivity index (χ2n) is 18.3. The molecule has 0 bridgehead atoms. The van der Waals surface area contributed by atoms with E-state index in [9.17, 15) is 20.4 Å². The highest BCUT2D eigenvalue weighted by molar-refractivity contribution is 5.54. The van der Waals surface area contributed by atoms with Crippen LogP contribution in [-0.4, -0.2) is 20.4 Å². The average molecular weight is 665 g/mol. The molecular weight excluding hydrogens is 604 g/mol. The van der Waals surface area contributed by atoms with Crippen LogP contribution in [-0.2, 0) is 30.1 Å². The summed E-state index contributed by atoms with van der Waals surface area (Å²) in [5.41, 5.74) is 8.94. The third kappa shape index (κ3) is 9.62. The first kappa shape index (κ1) is 37.9. The zero-order chi connectivity index (χ0) is 36.7. The third-order valence-electron chi connectivity index (χ3n) is 9.63. The van der Waals surface area contributed by atoms with Crippen molar-refractivity contribution in [1.29, 1.82) is 0 Å². The molecule has 4 aromatic rings. The van der Waals surface area contributed by atoms with Gasteiger partial charge in [0.25, 0.3) is 0 Å². The lowest BCUT2D eigenvalue weighted by Gasteiger charge is -2.33. The summed E-state index contributed by atoms with van der Waals surface area (Å²) in [6.07, 6.45) is 3.10. The van der Waals surface area contributed by atoms with Gasteiger partial charge in [-0.3, -0.25) is 0 Å². The predicted octanol–water partition coefficient (Wildman–Crippen LogP) is 11.3. The first-order chi connectivity index (χ1) is 22.4. The molecule has 0 aliphatic heterocycles. The minimum Gasteiger partial charge on any atom is -0.508 e. The maximum atomic E-state index is 11.6. The van der Waals surface area contributed by atoms with Gasteiger partial charge in [-0.2, -0.15) is 0 Å². The fourth-order valence-corrected chi connectivity index (χ4v) is 8.17. The van der Waals surface area contributed by atoms with E-state index in [4.69, 9.17) is 0 Å². The van der Waals surface area contributed by atoms with Crippen LogP contribution in [0.5, 0.6) is 23.0 Å². The Bertz CT molecular complexity index is 1680. The van der Waals surface area contributed by atoms with Crippen LogP contribution in [0.25, 0.3) is 0 Å². The van der Waals surface area contributed by atoms with Gasteiger partial charge in [0.05, 0.1) is 0 Å². The SMILES string of the molecule is Cc1cc(Cc2cc(C(C)(C)CC(C)(C)C)ccc2O)c(O)c(Cc2cc(C)cc(Cc3cc(C(C)(C)CC(C)(C)C)ccc3O)c2O)c1. The standard InChI is InChI=1S/C45H60O4/c1-28-17-32(21-30-24-36(13-15-38(30)46)44(9,10)26-42(3,4)5)40(48)34(19-28)23-35-20-29(2)18-33(41(35)49)22-31-25-37(14-16-39(31)47)45(11,12)27-43(6,7)8/h13-20,24-25,46-49H,21-23,26-27H2,1-12H3. The molecule has 0 fully saturated rings. The molecule has 4 aromatic carbocycles. The molecular formula is C45H60O4. The largest absolute Gasteiger partial charge is 0.508 e. The number of hydrogen-bond acceptors (Lipinski definition) is 4. The Morgan fingerprint density at radius 2 is 0.694 bits per heavy atom. The highest BCUT2D eigenvalue weighted by Gasteiger charge is 2.29. The lowest BCUT2D eigenvalue weighted by molar-refractivity contribution is 0.283. The van der Waals surface area contributed by atoms with Gasteiger partial charge in [-0.15, -0.1) is 0 Å². The van der Waals surface area contributed by atoms with E-state index >= 15 is 0 Å². The van der Waals surface area contributed by atoms with Crippen molar-refractivity contribution < 1.29 is 20.4 Å². The van der Waals surface area contributed by atoms with Crippen LogP contribution in [0.15, 0.2) is 60.7 Å². The maximum Gasteiger partial charge on any atom is 0.122 e.